The molecule has 544 valence electrons. The Bertz CT molecular complexity index is 3490. The van der Waals surface area contributed by atoms with Crippen LogP contribution in [-0.2, 0) is 98.8 Å². The molecule has 0 spiro atoms. The Morgan fingerprint density at radius 3 is 1.57 bits per heavy atom. The van der Waals surface area contributed by atoms with Gasteiger partial charge >= 0.3 is 35.9 Å². The summed E-state index contributed by atoms with van der Waals surface area (Å²) in [6, 6.07) is 18.4. The minimum atomic E-state index is -1.87. The first-order chi connectivity index (χ1) is 46.0. The third kappa shape index (κ3) is 27.1. The Morgan fingerprint density at radius 2 is 1.03 bits per heavy atom. The zero-order chi connectivity index (χ0) is 73.3. The number of nitrogens with one attached hydrogen (secondary N) is 5. The highest BCUT2D eigenvalue weighted by Crippen LogP contribution is 2.32. The van der Waals surface area contributed by atoms with Crippen LogP contribution in [-0.4, -0.2) is 168 Å². The van der Waals surface area contributed by atoms with E-state index in [1.807, 2.05) is 78.9 Å². The molecule has 2 fully saturated rings. The van der Waals surface area contributed by atoms with Crippen LogP contribution in [0.5, 0.6) is 0 Å². The molecule has 0 aromatic heterocycles. The Hall–Kier alpha value is -8.26. The van der Waals surface area contributed by atoms with Crippen molar-refractivity contribution < 1.29 is 90.6 Å². The van der Waals surface area contributed by atoms with E-state index in [4.69, 9.17) is 42.6 Å². The van der Waals surface area contributed by atoms with E-state index in [0.717, 1.165) is 27.1 Å². The number of carbonyl (C=O) groups is 10. The van der Waals surface area contributed by atoms with Gasteiger partial charge in [-0.05, 0) is 182 Å². The van der Waals surface area contributed by atoms with Crippen molar-refractivity contribution in [2.45, 2.75) is 239 Å². The van der Waals surface area contributed by atoms with Crippen molar-refractivity contribution in [2.75, 3.05) is 39.6 Å². The van der Waals surface area contributed by atoms with E-state index in [1.165, 1.54) is 18.7 Å². The van der Waals surface area contributed by atoms with E-state index >= 15 is 9.59 Å². The van der Waals surface area contributed by atoms with E-state index in [0.29, 0.717) is 5.56 Å². The van der Waals surface area contributed by atoms with Crippen LogP contribution >= 0.6 is 0 Å². The number of rotatable bonds is 24. The van der Waals surface area contributed by atoms with Crippen molar-refractivity contribution in [1.82, 2.24) is 31.5 Å². The molecule has 99 heavy (non-hydrogen) atoms. The van der Waals surface area contributed by atoms with E-state index in [1.54, 1.807) is 103 Å². The lowest BCUT2D eigenvalue weighted by Gasteiger charge is -2.43. The maximum atomic E-state index is 15.8. The molecule has 0 saturated carbocycles. The zero-order valence-corrected chi connectivity index (χ0v) is 60.5. The molecule has 0 radical (unpaired) electrons. The lowest BCUT2D eigenvalue weighted by Crippen LogP contribution is -2.61. The summed E-state index contributed by atoms with van der Waals surface area (Å²) in [7, 11) is 0. The molecule has 2 saturated heterocycles. The molecule has 2 aliphatic rings. The molecular weight excluding hydrogens is 1280 g/mol. The number of cyclic esters (lactones) is 1. The van der Waals surface area contributed by atoms with Gasteiger partial charge in [-0.2, -0.15) is 0 Å². The summed E-state index contributed by atoms with van der Waals surface area (Å²) in [6.45, 7) is 26.1. The maximum absolute atomic E-state index is 15.8. The number of esters is 5. The van der Waals surface area contributed by atoms with E-state index < -0.39 is 155 Å². The smallest absolute Gasteiger partial charge is 0.329 e. The number of hydrogen-bond acceptors (Lipinski definition) is 19. The lowest BCUT2D eigenvalue weighted by molar-refractivity contribution is -0.299. The predicted octanol–water partition coefficient (Wildman–Crippen LogP) is 8.64. The Labute approximate surface area is 581 Å². The SMILES string of the molecule is CC(C)(C)OC(=O)CCC(NC(=O)COCC1(COCc2ccc3ccccc3c2)COC(C)(C)OC1)C(=O)NC(CCC(=O)OC(C)(C)C)C(=O)NC(Cc1ccc2ccccc2c1)C(=O)N1CCCCC(C(=O)OC(C)(C)C)NC(=O)NC(C(=O)OC(C)(C)C)CC(=O)OC1(C)C. The highest BCUT2D eigenvalue weighted by molar-refractivity contribution is 5.96. The molecule has 5 atom stereocenters. The molecule has 5 unspecified atom stereocenters. The fourth-order valence-electron chi connectivity index (χ4n) is 11.0. The molecule has 2 heterocycles. The van der Waals surface area contributed by atoms with E-state index in [-0.39, 0.29) is 78.1 Å². The van der Waals surface area contributed by atoms with Gasteiger partial charge in [0.25, 0.3) is 0 Å². The Balaban J connectivity index is 1.32. The summed E-state index contributed by atoms with van der Waals surface area (Å²) in [5, 5.41) is 17.1. The molecule has 25 nitrogen and oxygen atoms in total. The molecule has 4 aromatic rings. The molecule has 0 aliphatic carbocycles. The van der Waals surface area contributed by atoms with Crippen LogP contribution in [0.4, 0.5) is 4.79 Å². The van der Waals surface area contributed by atoms with Crippen LogP contribution in [0.1, 0.15) is 173 Å². The van der Waals surface area contributed by atoms with Crippen molar-refractivity contribution in [2.24, 2.45) is 5.41 Å². The minimum absolute atomic E-state index is 0.0162. The van der Waals surface area contributed by atoms with Crippen molar-refractivity contribution in [3.63, 3.8) is 0 Å². The third-order valence-corrected chi connectivity index (χ3v) is 15.6. The molecule has 25 heteroatoms. The second kappa shape index (κ2) is 34.2. The van der Waals surface area contributed by atoms with Crippen LogP contribution in [0.25, 0.3) is 21.5 Å². The fraction of sp³-hybridized carbons (Fsp3) is 0.595. The highest BCUT2D eigenvalue weighted by atomic mass is 16.7. The molecule has 4 aromatic carbocycles. The fourth-order valence-corrected chi connectivity index (χ4v) is 11.0. The number of urea groups is 1. The van der Waals surface area contributed by atoms with Crippen LogP contribution in [0.3, 0.4) is 0 Å². The van der Waals surface area contributed by atoms with Crippen molar-refractivity contribution in [3.8, 4) is 0 Å². The first-order valence-electron chi connectivity index (χ1n) is 33.8. The average molecular weight is 1380 g/mol. The third-order valence-electron chi connectivity index (χ3n) is 15.6. The molecule has 6 amide bonds. The van der Waals surface area contributed by atoms with Gasteiger partial charge in [0.2, 0.25) is 23.6 Å². The van der Waals surface area contributed by atoms with Gasteiger partial charge in [0, 0.05) is 25.8 Å². The predicted molar refractivity (Wildman–Crippen MR) is 368 cm³/mol. The van der Waals surface area contributed by atoms with Gasteiger partial charge in [0.05, 0.1) is 44.9 Å². The van der Waals surface area contributed by atoms with Gasteiger partial charge in [-0.3, -0.25) is 33.6 Å². The van der Waals surface area contributed by atoms with Gasteiger partial charge in [-0.25, -0.2) is 14.4 Å². The van der Waals surface area contributed by atoms with Gasteiger partial charge < -0.3 is 74.1 Å². The van der Waals surface area contributed by atoms with E-state index in [2.05, 4.69) is 26.6 Å². The number of amides is 6. The van der Waals surface area contributed by atoms with Crippen LogP contribution in [0.15, 0.2) is 84.9 Å². The summed E-state index contributed by atoms with van der Waals surface area (Å²) >= 11 is 0. The van der Waals surface area contributed by atoms with Crippen LogP contribution in [0.2, 0.25) is 0 Å². The summed E-state index contributed by atoms with van der Waals surface area (Å²) < 4.78 is 53.0. The summed E-state index contributed by atoms with van der Waals surface area (Å²) in [5.74, 6) is -8.63. The Kier molecular flexibility index (Phi) is 27.5. The zero-order valence-electron chi connectivity index (χ0n) is 60.5. The number of nitrogens with zero attached hydrogens (tertiary/aromatic N) is 1. The highest BCUT2D eigenvalue weighted by Gasteiger charge is 2.44. The lowest BCUT2D eigenvalue weighted by atomic mass is 9.91. The average Bonchev–Trinajstić information content (AvgIpc) is 0.815. The molecule has 0 bridgehead atoms. The molecule has 6 rings (SSSR count). The second-order valence-corrected chi connectivity index (χ2v) is 30.4. The van der Waals surface area contributed by atoms with Crippen molar-refractivity contribution >= 4 is 81.1 Å². The van der Waals surface area contributed by atoms with E-state index in [9.17, 15) is 38.4 Å². The monoisotopic (exact) mass is 1380 g/mol. The molecule has 5 N–H and O–H groups in total. The topological polar surface area (TPSA) is 317 Å². The summed E-state index contributed by atoms with van der Waals surface area (Å²) in [4.78, 5) is 144. The van der Waals surface area contributed by atoms with Gasteiger partial charge in [-0.15, -0.1) is 0 Å². The number of fused-ring (bicyclic) bond motifs is 2. The van der Waals surface area contributed by atoms with Gasteiger partial charge in [0.15, 0.2) is 11.5 Å². The quantitative estimate of drug-likeness (QED) is 0.0324. The molecular formula is C74H104N6O19. The van der Waals surface area contributed by atoms with Crippen molar-refractivity contribution in [1.29, 1.82) is 0 Å². The second-order valence-electron chi connectivity index (χ2n) is 30.4. The first kappa shape index (κ1) is 79.7. The van der Waals surface area contributed by atoms with Gasteiger partial charge in [0.1, 0.15) is 59.2 Å². The normalized spacial score (nSPS) is 18.7. The number of hydrogen-bond donors (Lipinski definition) is 5. The number of ether oxygens (including phenoxy) is 9. The minimum Gasteiger partial charge on any atom is -0.460 e. The number of benzene rings is 4. The largest absolute Gasteiger partial charge is 0.460 e. The number of carbonyl (C=O) groups excluding carboxylic acids is 10. The van der Waals surface area contributed by atoms with Gasteiger partial charge in [-0.1, -0.05) is 78.9 Å². The molecule has 2 aliphatic heterocycles. The van der Waals surface area contributed by atoms with Crippen molar-refractivity contribution in [3.05, 3.63) is 96.1 Å². The van der Waals surface area contributed by atoms with Crippen LogP contribution in [0, 0.1) is 5.41 Å². The first-order valence-corrected chi connectivity index (χ1v) is 33.8. The Morgan fingerprint density at radius 1 is 0.566 bits per heavy atom. The summed E-state index contributed by atoms with van der Waals surface area (Å²) in [6.07, 6.45) is -2.25. The standard InChI is InChI=1S/C74H104N6O19/c1-68(2,3)95-59(82)34-32-53(75-58(81)42-92-44-74(45-93-73(15,16)94-46-74)43-91-41-48-29-31-50-24-18-20-26-52(50)38-48)62(85)76-54(33-35-60(83)96-69(4,5)6)63(86)77-56(39-47-28-30-49-23-17-19-25-51(49)37-47)64(87)80-36-22-21-27-55(65(88)98-70(7,8)9)78-67(90)79-57(66(89)99-71(10,11)12)40-61(84)97-72(80,13)14/h17-20,23-26,28-31,37-38,53-57H,21-22,27,32-36,39-46H2,1-16H3,(H,75,81)(H,76,85)(H,77,86)(H2,78,79,90). The van der Waals surface area contributed by atoms with Crippen LogP contribution < -0.4 is 26.6 Å². The maximum Gasteiger partial charge on any atom is 0.329 e. The summed E-state index contributed by atoms with van der Waals surface area (Å²) in [5.41, 5.74) is -5.15.